The number of carbonyl (C=O) groups is 1. The van der Waals surface area contributed by atoms with E-state index >= 15 is 0 Å². The topological polar surface area (TPSA) is 88.7 Å². The van der Waals surface area contributed by atoms with Crippen molar-refractivity contribution >= 4 is 22.4 Å². The lowest BCUT2D eigenvalue weighted by molar-refractivity contribution is -0.0734. The van der Waals surface area contributed by atoms with Crippen LogP contribution < -0.4 is 5.73 Å². The molecule has 1 aliphatic rings. The number of aliphatic hydroxyl groups is 1. The number of hydrogen-bond acceptors (Lipinski definition) is 6. The first kappa shape index (κ1) is 14.2. The molecule has 7 heteroatoms. The number of nitrogens with two attached hydrogens (primary N) is 1. The minimum absolute atomic E-state index is 0.147. The van der Waals surface area contributed by atoms with Crippen LogP contribution in [-0.4, -0.2) is 53.3 Å². The molecule has 0 unspecified atom stereocenters. The molecule has 19 heavy (non-hydrogen) atoms. The van der Waals surface area contributed by atoms with Crippen LogP contribution in [0.1, 0.15) is 28.2 Å². The molecule has 0 aromatic carbocycles. The highest BCUT2D eigenvalue weighted by Crippen LogP contribution is 2.24. The van der Waals surface area contributed by atoms with Gasteiger partial charge in [-0.1, -0.05) is 11.3 Å². The molecule has 1 amide bonds. The molecular weight excluding hydrogens is 266 g/mol. The largest absolute Gasteiger partial charge is 0.388 e. The summed E-state index contributed by atoms with van der Waals surface area (Å²) < 4.78 is 5.23. The predicted octanol–water partition coefficient (Wildman–Crippen LogP) is 0.647. The van der Waals surface area contributed by atoms with Gasteiger partial charge in [0.1, 0.15) is 4.88 Å². The summed E-state index contributed by atoms with van der Waals surface area (Å²) in [4.78, 5) is 18.4. The smallest absolute Gasteiger partial charge is 0.265 e. The van der Waals surface area contributed by atoms with Crippen LogP contribution in [0.3, 0.4) is 0 Å². The van der Waals surface area contributed by atoms with Crippen molar-refractivity contribution in [2.24, 2.45) is 0 Å². The number of amides is 1. The number of nitrogen functional groups attached to an aromatic ring is 1. The monoisotopic (exact) mass is 285 g/mol. The Kier molecular flexibility index (Phi) is 4.07. The van der Waals surface area contributed by atoms with Gasteiger partial charge in [0, 0.05) is 39.6 Å². The molecule has 0 aliphatic carbocycles. The molecule has 0 saturated carbocycles. The van der Waals surface area contributed by atoms with E-state index in [9.17, 15) is 9.90 Å². The summed E-state index contributed by atoms with van der Waals surface area (Å²) in [6, 6.07) is 0. The Morgan fingerprint density at radius 3 is 2.74 bits per heavy atom. The second-order valence-corrected chi connectivity index (χ2v) is 6.00. The Morgan fingerprint density at radius 2 is 2.21 bits per heavy atom. The van der Waals surface area contributed by atoms with Crippen LogP contribution in [0.15, 0.2) is 0 Å². The first-order valence-electron chi connectivity index (χ1n) is 6.20. The van der Waals surface area contributed by atoms with Crippen LogP contribution in [0, 0.1) is 6.92 Å². The molecule has 106 valence electrons. The van der Waals surface area contributed by atoms with E-state index in [1.165, 1.54) is 16.2 Å². The SMILES string of the molecule is Cc1nc(N)sc1C(=O)N(C)CC1(O)CCOCC1. The maximum atomic E-state index is 12.3. The number of nitrogens with zero attached hydrogens (tertiary/aromatic N) is 2. The van der Waals surface area contributed by atoms with Crippen molar-refractivity contribution in [1.29, 1.82) is 0 Å². The zero-order valence-corrected chi connectivity index (χ0v) is 12.0. The maximum absolute atomic E-state index is 12.3. The number of ether oxygens (including phenoxy) is 1. The van der Waals surface area contributed by atoms with Gasteiger partial charge in [0.15, 0.2) is 5.13 Å². The molecule has 6 nitrogen and oxygen atoms in total. The first-order chi connectivity index (χ1) is 8.91. The molecule has 1 saturated heterocycles. The Morgan fingerprint density at radius 1 is 1.58 bits per heavy atom. The Bertz CT molecular complexity index is 469. The van der Waals surface area contributed by atoms with Crippen LogP contribution >= 0.6 is 11.3 Å². The van der Waals surface area contributed by atoms with E-state index in [1.807, 2.05) is 0 Å². The minimum Gasteiger partial charge on any atom is -0.388 e. The van der Waals surface area contributed by atoms with Crippen LogP contribution in [-0.2, 0) is 4.74 Å². The van der Waals surface area contributed by atoms with Gasteiger partial charge in [0.25, 0.3) is 5.91 Å². The summed E-state index contributed by atoms with van der Waals surface area (Å²) in [5.74, 6) is -0.147. The van der Waals surface area contributed by atoms with Crippen molar-refractivity contribution in [2.75, 3.05) is 32.5 Å². The highest BCUT2D eigenvalue weighted by Gasteiger charge is 2.33. The van der Waals surface area contributed by atoms with Gasteiger partial charge in [-0.05, 0) is 6.92 Å². The van der Waals surface area contributed by atoms with E-state index in [-0.39, 0.29) is 5.91 Å². The first-order valence-corrected chi connectivity index (χ1v) is 7.01. The Balaban J connectivity index is 2.05. The molecule has 1 fully saturated rings. The summed E-state index contributed by atoms with van der Waals surface area (Å²) in [5.41, 5.74) is 5.38. The molecule has 1 aromatic rings. The molecule has 3 N–H and O–H groups in total. The molecule has 0 bridgehead atoms. The fraction of sp³-hybridized carbons (Fsp3) is 0.667. The van der Waals surface area contributed by atoms with Gasteiger partial charge in [-0.2, -0.15) is 0 Å². The lowest BCUT2D eigenvalue weighted by Gasteiger charge is -2.35. The number of hydrogen-bond donors (Lipinski definition) is 2. The molecule has 2 heterocycles. The third kappa shape index (κ3) is 3.23. The summed E-state index contributed by atoms with van der Waals surface area (Å²) >= 11 is 1.18. The summed E-state index contributed by atoms with van der Waals surface area (Å²) in [6.45, 7) is 3.12. The molecule has 2 rings (SSSR count). The maximum Gasteiger partial charge on any atom is 0.265 e. The Labute approximate surface area is 116 Å². The highest BCUT2D eigenvalue weighted by atomic mass is 32.1. The fourth-order valence-electron chi connectivity index (χ4n) is 2.21. The van der Waals surface area contributed by atoms with Crippen molar-refractivity contribution in [3.05, 3.63) is 10.6 Å². The van der Waals surface area contributed by atoms with E-state index in [0.29, 0.717) is 48.3 Å². The number of aryl methyl sites for hydroxylation is 1. The zero-order valence-electron chi connectivity index (χ0n) is 11.2. The van der Waals surface area contributed by atoms with Crippen molar-refractivity contribution in [3.63, 3.8) is 0 Å². The van der Waals surface area contributed by atoms with E-state index in [1.54, 1.807) is 14.0 Å². The van der Waals surface area contributed by atoms with Gasteiger partial charge >= 0.3 is 0 Å². The summed E-state index contributed by atoms with van der Waals surface area (Å²) in [5, 5.41) is 10.8. The third-order valence-corrected chi connectivity index (χ3v) is 4.28. The predicted molar refractivity (Wildman–Crippen MR) is 73.2 cm³/mol. The Hall–Kier alpha value is -1.18. The highest BCUT2D eigenvalue weighted by molar-refractivity contribution is 7.17. The average Bonchev–Trinajstić information content (AvgIpc) is 2.67. The quantitative estimate of drug-likeness (QED) is 0.851. The van der Waals surface area contributed by atoms with Crippen molar-refractivity contribution in [2.45, 2.75) is 25.4 Å². The lowest BCUT2D eigenvalue weighted by atomic mass is 9.94. The van der Waals surface area contributed by atoms with E-state index in [4.69, 9.17) is 10.5 Å². The summed E-state index contributed by atoms with van der Waals surface area (Å²) in [6.07, 6.45) is 1.10. The number of aromatic nitrogens is 1. The number of rotatable bonds is 3. The van der Waals surface area contributed by atoms with E-state index in [0.717, 1.165) is 0 Å². The third-order valence-electron chi connectivity index (χ3n) is 3.31. The summed E-state index contributed by atoms with van der Waals surface area (Å²) in [7, 11) is 1.69. The van der Waals surface area contributed by atoms with E-state index < -0.39 is 5.60 Å². The van der Waals surface area contributed by atoms with Gasteiger partial charge in [-0.15, -0.1) is 0 Å². The fourth-order valence-corrected chi connectivity index (χ4v) is 3.04. The van der Waals surface area contributed by atoms with Crippen molar-refractivity contribution in [1.82, 2.24) is 9.88 Å². The number of thiazole rings is 1. The second-order valence-electron chi connectivity index (χ2n) is 4.96. The van der Waals surface area contributed by atoms with Gasteiger partial charge in [0.05, 0.1) is 11.3 Å². The van der Waals surface area contributed by atoms with Crippen LogP contribution in [0.25, 0.3) is 0 Å². The normalized spacial score (nSPS) is 18.3. The van der Waals surface area contributed by atoms with Crippen molar-refractivity contribution < 1.29 is 14.6 Å². The molecule has 0 radical (unpaired) electrons. The van der Waals surface area contributed by atoms with Crippen LogP contribution in [0.4, 0.5) is 5.13 Å². The van der Waals surface area contributed by atoms with Gasteiger partial charge < -0.3 is 20.5 Å². The number of carbonyl (C=O) groups excluding carboxylic acids is 1. The standard InChI is InChI=1S/C12H19N3O3S/c1-8-9(19-11(13)14-8)10(16)15(2)7-12(17)3-5-18-6-4-12/h17H,3-7H2,1-2H3,(H2,13,14). The number of anilines is 1. The van der Waals surface area contributed by atoms with Gasteiger partial charge in [-0.3, -0.25) is 4.79 Å². The molecule has 1 aliphatic heterocycles. The van der Waals surface area contributed by atoms with Crippen LogP contribution in [0.2, 0.25) is 0 Å². The molecule has 1 aromatic heterocycles. The minimum atomic E-state index is -0.854. The lowest BCUT2D eigenvalue weighted by Crippen LogP contribution is -2.47. The van der Waals surface area contributed by atoms with Gasteiger partial charge in [-0.25, -0.2) is 4.98 Å². The molecule has 0 atom stereocenters. The molecular formula is C12H19N3O3S. The van der Waals surface area contributed by atoms with Crippen LogP contribution in [0.5, 0.6) is 0 Å². The van der Waals surface area contributed by atoms with Crippen molar-refractivity contribution in [3.8, 4) is 0 Å². The zero-order chi connectivity index (χ0) is 14.0. The average molecular weight is 285 g/mol. The van der Waals surface area contributed by atoms with Gasteiger partial charge in [0.2, 0.25) is 0 Å². The second kappa shape index (κ2) is 5.44. The van der Waals surface area contributed by atoms with E-state index in [2.05, 4.69) is 4.98 Å². The number of likely N-dealkylation sites (N-methyl/N-ethyl adjacent to an activating group) is 1. The molecule has 0 spiro atoms.